The Hall–Kier alpha value is -2.34. The van der Waals surface area contributed by atoms with Crippen molar-refractivity contribution >= 4 is 22.8 Å². The first kappa shape index (κ1) is 17.1. The van der Waals surface area contributed by atoms with Gasteiger partial charge in [0.25, 0.3) is 5.91 Å². The molecule has 6 nitrogen and oxygen atoms in total. The van der Waals surface area contributed by atoms with Gasteiger partial charge in [-0.1, -0.05) is 6.42 Å². The van der Waals surface area contributed by atoms with Gasteiger partial charge in [0.2, 0.25) is 0 Å². The minimum absolute atomic E-state index is 0.0686. The molecular weight excluding hydrogens is 330 g/mol. The summed E-state index contributed by atoms with van der Waals surface area (Å²) in [6.07, 6.45) is 3.95. The number of rotatable bonds is 4. The Morgan fingerprint density at radius 3 is 2.58 bits per heavy atom. The number of fused-ring (bicyclic) bond motifs is 1. The number of nitrogens with zero attached hydrogens (tertiary/aromatic N) is 2. The van der Waals surface area contributed by atoms with Crippen LogP contribution in [0, 0.1) is 0 Å². The van der Waals surface area contributed by atoms with Crippen LogP contribution in [-0.4, -0.2) is 65.5 Å². The van der Waals surface area contributed by atoms with Crippen molar-refractivity contribution in [3.05, 3.63) is 35.5 Å². The van der Waals surface area contributed by atoms with Crippen LogP contribution in [-0.2, 0) is 4.74 Å². The number of hydrogen-bond acceptors (Lipinski definition) is 4. The molecule has 1 aromatic heterocycles. The molecule has 6 heteroatoms. The summed E-state index contributed by atoms with van der Waals surface area (Å²) < 4.78 is 5.02. The number of benzene rings is 1. The zero-order valence-electron chi connectivity index (χ0n) is 15.2. The van der Waals surface area contributed by atoms with Crippen molar-refractivity contribution in [2.24, 2.45) is 0 Å². The van der Waals surface area contributed by atoms with E-state index in [1.807, 2.05) is 23.1 Å². The smallest absolute Gasteiger partial charge is 0.354 e. The lowest BCUT2D eigenvalue weighted by atomic mass is 9.91. The van der Waals surface area contributed by atoms with Gasteiger partial charge in [0.15, 0.2) is 0 Å². The third kappa shape index (κ3) is 3.21. The molecular formula is C20H25N3O3. The Balaban J connectivity index is 1.45. The van der Waals surface area contributed by atoms with Gasteiger partial charge in [-0.15, -0.1) is 0 Å². The van der Waals surface area contributed by atoms with Crippen LogP contribution in [0.3, 0.4) is 0 Å². The number of carbonyl (C=O) groups excluding carboxylic acids is 2. The van der Waals surface area contributed by atoms with Crippen LogP contribution in [0.5, 0.6) is 0 Å². The van der Waals surface area contributed by atoms with Gasteiger partial charge >= 0.3 is 5.97 Å². The summed E-state index contributed by atoms with van der Waals surface area (Å²) in [6, 6.07) is 8.03. The van der Waals surface area contributed by atoms with Crippen molar-refractivity contribution in [3.8, 4) is 0 Å². The van der Waals surface area contributed by atoms with Crippen LogP contribution in [0.1, 0.15) is 47.0 Å². The average Bonchev–Trinajstić information content (AvgIpc) is 3.04. The van der Waals surface area contributed by atoms with E-state index in [1.54, 1.807) is 13.0 Å². The molecule has 1 N–H and O–H groups in total. The lowest BCUT2D eigenvalue weighted by Crippen LogP contribution is -2.53. The number of H-pyrrole nitrogens is 1. The summed E-state index contributed by atoms with van der Waals surface area (Å²) in [4.78, 5) is 32.2. The van der Waals surface area contributed by atoms with Gasteiger partial charge in [-0.2, -0.15) is 0 Å². The van der Waals surface area contributed by atoms with E-state index in [0.29, 0.717) is 17.9 Å². The first-order chi connectivity index (χ1) is 12.7. The fourth-order valence-corrected chi connectivity index (χ4v) is 3.81. The third-order valence-electron chi connectivity index (χ3n) is 5.56. The van der Waals surface area contributed by atoms with E-state index in [1.165, 1.54) is 19.3 Å². The number of piperazine rings is 1. The zero-order chi connectivity index (χ0) is 18.1. The van der Waals surface area contributed by atoms with Crippen LogP contribution < -0.4 is 0 Å². The Morgan fingerprint density at radius 1 is 1.15 bits per heavy atom. The van der Waals surface area contributed by atoms with Gasteiger partial charge in [0.1, 0.15) is 5.69 Å². The molecule has 0 atom stereocenters. The Labute approximate surface area is 153 Å². The van der Waals surface area contributed by atoms with Gasteiger partial charge in [0, 0.05) is 48.7 Å². The van der Waals surface area contributed by atoms with E-state index >= 15 is 0 Å². The molecule has 2 fully saturated rings. The lowest BCUT2D eigenvalue weighted by molar-refractivity contribution is 0.0455. The molecule has 0 radical (unpaired) electrons. The second-order valence-electron chi connectivity index (χ2n) is 7.12. The molecule has 0 unspecified atom stereocenters. The minimum atomic E-state index is -0.372. The average molecular weight is 355 g/mol. The SMILES string of the molecule is CCOC(=O)c1cc2cc(C(=O)N3CCN(C4CCC4)CC3)ccc2[nH]1. The number of ether oxygens (including phenoxy) is 1. The van der Waals surface area contributed by atoms with Crippen molar-refractivity contribution < 1.29 is 14.3 Å². The molecule has 2 aliphatic rings. The number of aromatic nitrogens is 1. The quantitative estimate of drug-likeness (QED) is 0.857. The standard InChI is InChI=1S/C20H25N3O3/c1-2-26-20(25)18-13-15-12-14(6-7-17(15)21-18)19(24)23-10-8-22(9-11-23)16-4-3-5-16/h6-7,12-13,16,21H,2-5,8-11H2,1H3. The summed E-state index contributed by atoms with van der Waals surface area (Å²) >= 11 is 0. The van der Waals surface area contributed by atoms with Crippen LogP contribution in [0.25, 0.3) is 10.9 Å². The number of esters is 1. The van der Waals surface area contributed by atoms with Crippen LogP contribution in [0.15, 0.2) is 24.3 Å². The molecule has 1 aliphatic carbocycles. The summed E-state index contributed by atoms with van der Waals surface area (Å²) in [6.45, 7) is 5.63. The van der Waals surface area contributed by atoms with Crippen molar-refractivity contribution in [3.63, 3.8) is 0 Å². The first-order valence-electron chi connectivity index (χ1n) is 9.49. The highest BCUT2D eigenvalue weighted by atomic mass is 16.5. The van der Waals surface area contributed by atoms with Gasteiger partial charge in [-0.3, -0.25) is 9.69 Å². The summed E-state index contributed by atoms with van der Waals surface area (Å²) in [7, 11) is 0. The second-order valence-corrected chi connectivity index (χ2v) is 7.12. The lowest BCUT2D eigenvalue weighted by Gasteiger charge is -2.42. The van der Waals surface area contributed by atoms with E-state index in [4.69, 9.17) is 4.74 Å². The number of hydrogen-bond donors (Lipinski definition) is 1. The van der Waals surface area contributed by atoms with Gasteiger partial charge in [-0.25, -0.2) is 4.79 Å². The molecule has 0 spiro atoms. The molecule has 26 heavy (non-hydrogen) atoms. The largest absolute Gasteiger partial charge is 0.461 e. The molecule has 4 rings (SSSR count). The highest BCUT2D eigenvalue weighted by Gasteiger charge is 2.29. The van der Waals surface area contributed by atoms with Crippen LogP contribution in [0.2, 0.25) is 0 Å². The van der Waals surface area contributed by atoms with Crippen molar-refractivity contribution in [1.29, 1.82) is 0 Å². The number of aromatic amines is 1. The van der Waals surface area contributed by atoms with Crippen molar-refractivity contribution in [2.75, 3.05) is 32.8 Å². The molecule has 2 heterocycles. The monoisotopic (exact) mass is 355 g/mol. The predicted octanol–water partition coefficient (Wildman–Crippen LogP) is 2.65. The minimum Gasteiger partial charge on any atom is -0.461 e. The highest BCUT2D eigenvalue weighted by Crippen LogP contribution is 2.26. The Kier molecular flexibility index (Phi) is 4.68. The fourth-order valence-electron chi connectivity index (χ4n) is 3.81. The topological polar surface area (TPSA) is 65.6 Å². The van der Waals surface area contributed by atoms with Gasteiger partial charge in [-0.05, 0) is 44.0 Å². The maximum atomic E-state index is 12.9. The van der Waals surface area contributed by atoms with E-state index < -0.39 is 0 Å². The molecule has 1 saturated carbocycles. The number of amides is 1. The van der Waals surface area contributed by atoms with E-state index in [2.05, 4.69) is 9.88 Å². The summed E-state index contributed by atoms with van der Waals surface area (Å²) in [5, 5.41) is 0.854. The Bertz CT molecular complexity index is 817. The second kappa shape index (κ2) is 7.11. The van der Waals surface area contributed by atoms with E-state index in [0.717, 1.165) is 43.1 Å². The zero-order valence-corrected chi connectivity index (χ0v) is 15.2. The third-order valence-corrected chi connectivity index (χ3v) is 5.56. The maximum Gasteiger partial charge on any atom is 0.354 e. The number of nitrogens with one attached hydrogen (secondary N) is 1. The highest BCUT2D eigenvalue weighted by molar-refractivity contribution is 6.00. The molecule has 1 saturated heterocycles. The van der Waals surface area contributed by atoms with E-state index in [9.17, 15) is 9.59 Å². The van der Waals surface area contributed by atoms with Crippen LogP contribution in [0.4, 0.5) is 0 Å². The normalized spacial score (nSPS) is 18.7. The summed E-state index contributed by atoms with van der Waals surface area (Å²) in [5.74, 6) is -0.303. The predicted molar refractivity (Wildman–Crippen MR) is 99.4 cm³/mol. The molecule has 1 amide bonds. The van der Waals surface area contributed by atoms with Gasteiger partial charge < -0.3 is 14.6 Å². The molecule has 2 aromatic rings. The maximum absolute atomic E-state index is 12.9. The van der Waals surface area contributed by atoms with Crippen molar-refractivity contribution in [1.82, 2.24) is 14.8 Å². The fraction of sp³-hybridized carbons (Fsp3) is 0.500. The number of carbonyl (C=O) groups is 2. The Morgan fingerprint density at radius 2 is 1.92 bits per heavy atom. The molecule has 0 bridgehead atoms. The summed E-state index contributed by atoms with van der Waals surface area (Å²) in [5.41, 5.74) is 1.92. The molecule has 138 valence electrons. The van der Waals surface area contributed by atoms with Crippen molar-refractivity contribution in [2.45, 2.75) is 32.2 Å². The molecule has 1 aliphatic heterocycles. The van der Waals surface area contributed by atoms with Crippen LogP contribution >= 0.6 is 0 Å². The van der Waals surface area contributed by atoms with Gasteiger partial charge in [0.05, 0.1) is 6.61 Å². The van der Waals surface area contributed by atoms with E-state index in [-0.39, 0.29) is 11.9 Å². The first-order valence-corrected chi connectivity index (χ1v) is 9.49. The molecule has 1 aromatic carbocycles.